The molecule has 2 aromatic carbocycles. The monoisotopic (exact) mass is 428 g/mol. The largest absolute Gasteiger partial charge is 0.422 e. The van der Waals surface area contributed by atoms with E-state index in [1.54, 1.807) is 12.1 Å². The number of allylic oxidation sites excluding steroid dienone is 1. The molecule has 0 saturated heterocycles. The molecule has 4 rings (SSSR count). The molecule has 2 heterocycles. The molecule has 0 atom stereocenters. The molecule has 148 valence electrons. The van der Waals surface area contributed by atoms with Crippen LogP contribution in [0.5, 0.6) is 5.75 Å². The van der Waals surface area contributed by atoms with Crippen molar-refractivity contribution in [3.8, 4) is 5.75 Å². The molecule has 0 bridgehead atoms. The van der Waals surface area contributed by atoms with Crippen molar-refractivity contribution >= 4 is 55.9 Å². The molecule has 0 spiro atoms. The normalized spacial score (nSPS) is 14.7. The van der Waals surface area contributed by atoms with Crippen LogP contribution in [-0.4, -0.2) is 16.4 Å². The van der Waals surface area contributed by atoms with Crippen LogP contribution in [0.4, 0.5) is 11.4 Å². The molecular weight excluding hydrogens is 412 g/mol. The number of carbonyl (C=O) groups is 1. The minimum atomic E-state index is -0.593. The maximum Gasteiger partial charge on any atom is 0.355 e. The number of rotatable bonds is 3. The van der Waals surface area contributed by atoms with Crippen LogP contribution in [0.2, 0.25) is 5.02 Å². The molecule has 0 unspecified atom stereocenters. The molecule has 0 aliphatic carbocycles. The fourth-order valence-corrected chi connectivity index (χ4v) is 4.89. The van der Waals surface area contributed by atoms with Crippen LogP contribution in [-0.2, 0) is 0 Å². The van der Waals surface area contributed by atoms with Crippen LogP contribution in [0.1, 0.15) is 36.0 Å². The van der Waals surface area contributed by atoms with Crippen molar-refractivity contribution in [3.05, 3.63) is 68.1 Å². The summed E-state index contributed by atoms with van der Waals surface area (Å²) >= 11 is 7.42. The number of esters is 1. The van der Waals surface area contributed by atoms with Crippen LogP contribution >= 0.6 is 22.9 Å². The number of hydrogen-bond acceptors (Lipinski definition) is 6. The van der Waals surface area contributed by atoms with E-state index < -0.39 is 10.9 Å². The smallest absolute Gasteiger partial charge is 0.355 e. The van der Waals surface area contributed by atoms with Gasteiger partial charge in [0.05, 0.1) is 15.5 Å². The highest BCUT2D eigenvalue weighted by Crippen LogP contribution is 2.39. The van der Waals surface area contributed by atoms with Crippen LogP contribution in [0.15, 0.2) is 42.5 Å². The van der Waals surface area contributed by atoms with Gasteiger partial charge in [-0.05, 0) is 50.6 Å². The second kappa shape index (κ2) is 6.86. The molecule has 0 saturated carbocycles. The molecule has 8 heteroatoms. The Morgan fingerprint density at radius 3 is 2.72 bits per heavy atom. The highest BCUT2D eigenvalue weighted by atomic mass is 35.5. The van der Waals surface area contributed by atoms with Crippen LogP contribution < -0.4 is 10.1 Å². The summed E-state index contributed by atoms with van der Waals surface area (Å²) in [5.41, 5.74) is 2.83. The average Bonchev–Trinajstić information content (AvgIpc) is 2.98. The standard InChI is InChI=1S/C21H17ClN2O4S/c1-11-10-21(2,3)23-16-7-5-13(9-15(11)16)28-20(25)19-18(22)14-6-4-12(24(26)27)8-17(14)29-19/h4-10,23H,1-3H3. The van der Waals surface area contributed by atoms with Gasteiger partial charge in [-0.25, -0.2) is 4.79 Å². The first-order chi connectivity index (χ1) is 13.6. The third-order valence-electron chi connectivity index (χ3n) is 4.67. The van der Waals surface area contributed by atoms with Gasteiger partial charge in [0.2, 0.25) is 0 Å². The molecule has 0 fully saturated rings. The van der Waals surface area contributed by atoms with Gasteiger partial charge >= 0.3 is 5.97 Å². The Kier molecular flexibility index (Phi) is 4.59. The number of non-ortho nitro benzene ring substituents is 1. The molecule has 6 nitrogen and oxygen atoms in total. The number of nitrogens with zero attached hydrogens (tertiary/aromatic N) is 1. The Morgan fingerprint density at radius 1 is 1.24 bits per heavy atom. The van der Waals surface area contributed by atoms with E-state index in [1.165, 1.54) is 12.1 Å². The molecule has 1 aromatic heterocycles. The molecule has 3 aromatic rings. The number of halogens is 1. The number of nitro groups is 1. The molecular formula is C21H17ClN2O4S. The molecule has 1 aliphatic rings. The Bertz CT molecular complexity index is 1210. The number of thiophene rings is 1. The number of nitrogens with one attached hydrogen (secondary N) is 1. The van der Waals surface area contributed by atoms with E-state index in [0.717, 1.165) is 28.2 Å². The topological polar surface area (TPSA) is 81.5 Å². The van der Waals surface area contributed by atoms with Gasteiger partial charge in [-0.15, -0.1) is 11.3 Å². The van der Waals surface area contributed by atoms with Crippen molar-refractivity contribution in [2.24, 2.45) is 0 Å². The van der Waals surface area contributed by atoms with Gasteiger partial charge in [0.1, 0.15) is 10.6 Å². The lowest BCUT2D eigenvalue weighted by Gasteiger charge is -2.31. The van der Waals surface area contributed by atoms with Crippen molar-refractivity contribution < 1.29 is 14.5 Å². The first-order valence-corrected chi connectivity index (χ1v) is 10.0. The lowest BCUT2D eigenvalue weighted by atomic mass is 9.91. The minimum absolute atomic E-state index is 0.0530. The van der Waals surface area contributed by atoms with Crippen molar-refractivity contribution in [1.82, 2.24) is 0 Å². The highest BCUT2D eigenvalue weighted by molar-refractivity contribution is 7.21. The van der Waals surface area contributed by atoms with Crippen molar-refractivity contribution in [2.75, 3.05) is 5.32 Å². The summed E-state index contributed by atoms with van der Waals surface area (Å²) in [5, 5.41) is 15.2. The van der Waals surface area contributed by atoms with Gasteiger partial charge < -0.3 is 10.1 Å². The molecule has 1 N–H and O–H groups in total. The summed E-state index contributed by atoms with van der Waals surface area (Å²) in [5.74, 6) is -0.188. The average molecular weight is 429 g/mol. The molecule has 1 aliphatic heterocycles. The predicted octanol–water partition coefficient (Wildman–Crippen LogP) is 6.29. The molecule has 0 radical (unpaired) electrons. The summed E-state index contributed by atoms with van der Waals surface area (Å²) in [6, 6.07) is 9.74. The quantitative estimate of drug-likeness (QED) is 0.229. The SMILES string of the molecule is CC1=CC(C)(C)Nc2ccc(OC(=O)c3sc4cc([N+](=O)[O-])ccc4c3Cl)cc21. The fraction of sp³-hybridized carbons (Fsp3) is 0.190. The first kappa shape index (κ1) is 19.4. The summed E-state index contributed by atoms with van der Waals surface area (Å²) in [4.78, 5) is 23.4. The van der Waals surface area contributed by atoms with Gasteiger partial charge in [-0.2, -0.15) is 0 Å². The van der Waals surface area contributed by atoms with E-state index >= 15 is 0 Å². The van der Waals surface area contributed by atoms with Gasteiger partial charge in [0.15, 0.2) is 0 Å². The number of ether oxygens (including phenoxy) is 1. The second-order valence-electron chi connectivity index (χ2n) is 7.45. The van der Waals surface area contributed by atoms with Gasteiger partial charge in [-0.1, -0.05) is 17.7 Å². The number of hydrogen-bond donors (Lipinski definition) is 1. The zero-order valence-corrected chi connectivity index (χ0v) is 17.5. The van der Waals surface area contributed by atoms with E-state index in [1.807, 2.05) is 19.1 Å². The number of benzene rings is 2. The summed E-state index contributed by atoms with van der Waals surface area (Å²) in [6.45, 7) is 6.19. The maximum atomic E-state index is 12.7. The number of anilines is 1. The van der Waals surface area contributed by atoms with Crippen molar-refractivity contribution in [1.29, 1.82) is 0 Å². The minimum Gasteiger partial charge on any atom is -0.422 e. The summed E-state index contributed by atoms with van der Waals surface area (Å²) < 4.78 is 6.11. The summed E-state index contributed by atoms with van der Waals surface area (Å²) in [7, 11) is 0. The lowest BCUT2D eigenvalue weighted by Crippen LogP contribution is -2.31. The van der Waals surface area contributed by atoms with Gasteiger partial charge in [0, 0.05) is 33.5 Å². The van der Waals surface area contributed by atoms with Gasteiger partial charge in [-0.3, -0.25) is 10.1 Å². The number of carbonyl (C=O) groups excluding carboxylic acids is 1. The number of fused-ring (bicyclic) bond motifs is 2. The van der Waals surface area contributed by atoms with E-state index in [0.29, 0.717) is 15.8 Å². The Hall–Kier alpha value is -2.90. The Labute approximate surface area is 175 Å². The van der Waals surface area contributed by atoms with E-state index in [9.17, 15) is 14.9 Å². The molecule has 0 amide bonds. The highest BCUT2D eigenvalue weighted by Gasteiger charge is 2.24. The van der Waals surface area contributed by atoms with E-state index in [2.05, 4.69) is 25.2 Å². The first-order valence-electron chi connectivity index (χ1n) is 8.85. The zero-order valence-electron chi connectivity index (χ0n) is 15.9. The van der Waals surface area contributed by atoms with Gasteiger partial charge in [0.25, 0.3) is 5.69 Å². The van der Waals surface area contributed by atoms with E-state index in [-0.39, 0.29) is 21.1 Å². The third-order valence-corrected chi connectivity index (χ3v) is 6.31. The van der Waals surface area contributed by atoms with Crippen molar-refractivity contribution in [2.45, 2.75) is 26.3 Å². The van der Waals surface area contributed by atoms with E-state index in [4.69, 9.17) is 16.3 Å². The zero-order chi connectivity index (χ0) is 20.9. The van der Waals surface area contributed by atoms with Crippen molar-refractivity contribution in [3.63, 3.8) is 0 Å². The maximum absolute atomic E-state index is 12.7. The second-order valence-corrected chi connectivity index (χ2v) is 8.88. The number of nitro benzene ring substituents is 1. The fourth-order valence-electron chi connectivity index (χ4n) is 3.48. The predicted molar refractivity (Wildman–Crippen MR) is 116 cm³/mol. The Morgan fingerprint density at radius 2 is 2.00 bits per heavy atom. The Balaban J connectivity index is 1.64. The lowest BCUT2D eigenvalue weighted by molar-refractivity contribution is -0.384. The van der Waals surface area contributed by atoms with Crippen LogP contribution in [0.25, 0.3) is 15.7 Å². The third kappa shape index (κ3) is 3.59. The van der Waals surface area contributed by atoms with Crippen LogP contribution in [0.3, 0.4) is 0 Å². The molecule has 29 heavy (non-hydrogen) atoms. The summed E-state index contributed by atoms with van der Waals surface area (Å²) in [6.07, 6.45) is 2.12. The van der Waals surface area contributed by atoms with Crippen LogP contribution in [0, 0.1) is 10.1 Å².